The molecular weight excluding hydrogens is 467 g/mol. The minimum absolute atomic E-state index is 0.200. The van der Waals surface area contributed by atoms with Crippen molar-refractivity contribution < 1.29 is 9.59 Å². The van der Waals surface area contributed by atoms with Crippen molar-refractivity contribution in [1.82, 2.24) is 10.9 Å². The highest BCUT2D eigenvalue weighted by molar-refractivity contribution is 6.53. The molecule has 1 saturated carbocycles. The Kier molecular flexibility index (Phi) is 6.35. The molecule has 10 heteroatoms. The Morgan fingerprint density at radius 1 is 1.00 bits per heavy atom. The molecule has 148 valence electrons. The lowest BCUT2D eigenvalue weighted by Crippen LogP contribution is -2.34. The highest BCUT2D eigenvalue weighted by atomic mass is 35.5. The van der Waals surface area contributed by atoms with Gasteiger partial charge in [0.05, 0.1) is 16.5 Å². The second-order valence-corrected chi connectivity index (χ2v) is 8.95. The predicted octanol–water partition coefficient (Wildman–Crippen LogP) is 5.04. The van der Waals surface area contributed by atoms with Crippen molar-refractivity contribution in [3.05, 3.63) is 62.6 Å². The Hall–Kier alpha value is -1.21. The SMILES string of the molecule is CNNC(=O)c1cc(NC(=O)[C@H]2[C@H](c3cc(Cl)cc(Cl)c3)C2(Cl)Cl)ccc1Cl. The minimum Gasteiger partial charge on any atom is -0.326 e. The number of hydrazine groups is 1. The Morgan fingerprint density at radius 2 is 1.64 bits per heavy atom. The van der Waals surface area contributed by atoms with Crippen LogP contribution in [0.5, 0.6) is 0 Å². The monoisotopic (exact) mass is 479 g/mol. The second kappa shape index (κ2) is 8.27. The first kappa shape index (κ1) is 21.5. The van der Waals surface area contributed by atoms with Crippen LogP contribution in [0.25, 0.3) is 0 Å². The van der Waals surface area contributed by atoms with Gasteiger partial charge >= 0.3 is 0 Å². The summed E-state index contributed by atoms with van der Waals surface area (Å²) in [5.74, 6) is -2.01. The topological polar surface area (TPSA) is 70.2 Å². The molecular formula is C18H14Cl5N3O2. The molecule has 0 bridgehead atoms. The Balaban J connectivity index is 1.80. The lowest BCUT2D eigenvalue weighted by molar-refractivity contribution is -0.117. The van der Waals surface area contributed by atoms with Crippen molar-refractivity contribution >= 4 is 75.5 Å². The van der Waals surface area contributed by atoms with Gasteiger partial charge in [0.2, 0.25) is 5.91 Å². The van der Waals surface area contributed by atoms with E-state index in [0.29, 0.717) is 21.3 Å². The fourth-order valence-corrected chi connectivity index (χ4v) is 4.57. The molecule has 2 amide bonds. The highest BCUT2D eigenvalue weighted by Gasteiger charge is 2.67. The quantitative estimate of drug-likeness (QED) is 0.414. The van der Waals surface area contributed by atoms with E-state index in [4.69, 9.17) is 58.0 Å². The largest absolute Gasteiger partial charge is 0.326 e. The van der Waals surface area contributed by atoms with Crippen LogP contribution < -0.4 is 16.2 Å². The molecule has 2 aromatic carbocycles. The van der Waals surface area contributed by atoms with Crippen LogP contribution in [0.3, 0.4) is 0 Å². The smallest absolute Gasteiger partial charge is 0.266 e. The summed E-state index contributed by atoms with van der Waals surface area (Å²) in [7, 11) is 1.55. The molecule has 0 unspecified atom stereocenters. The van der Waals surface area contributed by atoms with E-state index in [9.17, 15) is 9.59 Å². The van der Waals surface area contributed by atoms with Gasteiger partial charge in [-0.3, -0.25) is 15.0 Å². The number of alkyl halides is 2. The van der Waals surface area contributed by atoms with E-state index in [2.05, 4.69) is 16.2 Å². The second-order valence-electron chi connectivity index (χ2n) is 6.22. The molecule has 0 aromatic heterocycles. The first-order valence-corrected chi connectivity index (χ1v) is 9.95. The zero-order valence-electron chi connectivity index (χ0n) is 14.3. The summed E-state index contributed by atoms with van der Waals surface area (Å²) in [6.07, 6.45) is 0. The van der Waals surface area contributed by atoms with Crippen molar-refractivity contribution in [2.75, 3.05) is 12.4 Å². The Labute approximate surface area is 186 Å². The molecule has 5 nitrogen and oxygen atoms in total. The van der Waals surface area contributed by atoms with E-state index < -0.39 is 28.0 Å². The van der Waals surface area contributed by atoms with E-state index in [1.807, 2.05) is 0 Å². The number of amides is 2. The molecule has 3 rings (SSSR count). The summed E-state index contributed by atoms with van der Waals surface area (Å²) in [4.78, 5) is 24.8. The van der Waals surface area contributed by atoms with Gasteiger partial charge in [-0.25, -0.2) is 5.43 Å². The molecule has 1 aliphatic rings. The van der Waals surface area contributed by atoms with Gasteiger partial charge in [0.25, 0.3) is 5.91 Å². The molecule has 0 spiro atoms. The average molecular weight is 482 g/mol. The first-order valence-electron chi connectivity index (χ1n) is 8.06. The third-order valence-corrected chi connectivity index (χ3v) is 6.00. The first-order chi connectivity index (χ1) is 13.1. The van der Waals surface area contributed by atoms with Crippen molar-refractivity contribution in [3.63, 3.8) is 0 Å². The maximum absolute atomic E-state index is 12.7. The molecule has 1 fully saturated rings. The number of carbonyl (C=O) groups excluding carboxylic acids is 2. The van der Waals surface area contributed by atoms with Gasteiger partial charge in [-0.1, -0.05) is 34.8 Å². The standard InChI is InChI=1S/C18H14Cl5N3O2/c1-24-26-16(27)12-7-11(2-3-13(12)21)25-17(28)15-14(18(15,22)23)8-4-9(19)6-10(20)5-8/h2-7,14-15,24H,1H3,(H,25,28)(H,26,27)/t14-,15+/m0/s1. The van der Waals surface area contributed by atoms with Gasteiger partial charge in [-0.2, -0.15) is 0 Å². The van der Waals surface area contributed by atoms with Crippen LogP contribution in [0.2, 0.25) is 15.1 Å². The van der Waals surface area contributed by atoms with E-state index in [0.717, 1.165) is 0 Å². The Bertz CT molecular complexity index is 931. The van der Waals surface area contributed by atoms with Crippen LogP contribution in [0, 0.1) is 5.92 Å². The summed E-state index contributed by atoms with van der Waals surface area (Å²) in [5, 5.41) is 3.82. The molecule has 3 N–H and O–H groups in total. The van der Waals surface area contributed by atoms with Crippen LogP contribution in [-0.4, -0.2) is 23.2 Å². The number of anilines is 1. The fraction of sp³-hybridized carbons (Fsp3) is 0.222. The van der Waals surface area contributed by atoms with Crippen molar-refractivity contribution in [1.29, 1.82) is 0 Å². The summed E-state index contributed by atoms with van der Waals surface area (Å²) in [6, 6.07) is 9.48. The van der Waals surface area contributed by atoms with Gasteiger partial charge < -0.3 is 5.32 Å². The van der Waals surface area contributed by atoms with Gasteiger partial charge in [-0.05, 0) is 42.0 Å². The predicted molar refractivity (Wildman–Crippen MR) is 114 cm³/mol. The number of nitrogens with one attached hydrogen (secondary N) is 3. The van der Waals surface area contributed by atoms with Crippen molar-refractivity contribution in [2.45, 2.75) is 10.3 Å². The fourth-order valence-electron chi connectivity index (χ4n) is 3.00. The lowest BCUT2D eigenvalue weighted by atomic mass is 10.1. The lowest BCUT2D eigenvalue weighted by Gasteiger charge is -2.09. The number of hydrogen-bond acceptors (Lipinski definition) is 3. The Morgan fingerprint density at radius 3 is 2.25 bits per heavy atom. The number of hydrogen-bond donors (Lipinski definition) is 3. The summed E-state index contributed by atoms with van der Waals surface area (Å²) < 4.78 is -1.29. The van der Waals surface area contributed by atoms with Gasteiger partial charge in [0.1, 0.15) is 4.33 Å². The number of rotatable bonds is 5. The van der Waals surface area contributed by atoms with E-state index >= 15 is 0 Å². The molecule has 0 saturated heterocycles. The van der Waals surface area contributed by atoms with Gasteiger partial charge in [0, 0.05) is 28.7 Å². The van der Waals surface area contributed by atoms with Crippen LogP contribution in [0.15, 0.2) is 36.4 Å². The van der Waals surface area contributed by atoms with Gasteiger partial charge in [-0.15, -0.1) is 23.2 Å². The van der Waals surface area contributed by atoms with E-state index in [-0.39, 0.29) is 10.6 Å². The van der Waals surface area contributed by atoms with Crippen molar-refractivity contribution in [2.24, 2.45) is 5.92 Å². The average Bonchev–Trinajstić information content (AvgIpc) is 3.18. The van der Waals surface area contributed by atoms with E-state index in [1.165, 1.54) is 12.1 Å². The minimum atomic E-state index is -1.29. The number of carbonyl (C=O) groups is 2. The molecule has 2 aromatic rings. The zero-order chi connectivity index (χ0) is 20.6. The summed E-state index contributed by atoms with van der Waals surface area (Å²) >= 11 is 30.8. The molecule has 0 radical (unpaired) electrons. The van der Waals surface area contributed by atoms with Gasteiger partial charge in [0.15, 0.2) is 0 Å². The third kappa shape index (κ3) is 4.35. The van der Waals surface area contributed by atoms with Crippen LogP contribution in [0.1, 0.15) is 21.8 Å². The molecule has 28 heavy (non-hydrogen) atoms. The third-order valence-electron chi connectivity index (χ3n) is 4.30. The molecule has 0 aliphatic heterocycles. The number of benzene rings is 2. The van der Waals surface area contributed by atoms with Crippen LogP contribution in [-0.2, 0) is 4.79 Å². The maximum atomic E-state index is 12.7. The molecule has 2 atom stereocenters. The summed E-state index contributed by atoms with van der Waals surface area (Å²) in [5.41, 5.74) is 6.20. The molecule has 1 aliphatic carbocycles. The summed E-state index contributed by atoms with van der Waals surface area (Å²) in [6.45, 7) is 0. The van der Waals surface area contributed by atoms with Crippen LogP contribution in [0.4, 0.5) is 5.69 Å². The van der Waals surface area contributed by atoms with Crippen molar-refractivity contribution in [3.8, 4) is 0 Å². The normalized spacial score (nSPS) is 19.8. The van der Waals surface area contributed by atoms with Crippen LogP contribution >= 0.6 is 58.0 Å². The zero-order valence-corrected chi connectivity index (χ0v) is 18.1. The maximum Gasteiger partial charge on any atom is 0.266 e. The van der Waals surface area contributed by atoms with E-state index in [1.54, 1.807) is 31.3 Å². The highest BCUT2D eigenvalue weighted by Crippen LogP contribution is 2.65. The number of halogens is 5. The molecule has 0 heterocycles.